The van der Waals surface area contributed by atoms with Crippen LogP contribution in [0.4, 0.5) is 5.69 Å². The third-order valence-corrected chi connectivity index (χ3v) is 3.33. The molecule has 0 spiro atoms. The Morgan fingerprint density at radius 3 is 2.24 bits per heavy atom. The second-order valence-corrected chi connectivity index (χ2v) is 5.33. The Labute approximate surface area is 146 Å². The molecular weight excluding hydrogens is 320 g/mol. The summed E-state index contributed by atoms with van der Waals surface area (Å²) in [7, 11) is 0. The lowest BCUT2D eigenvalue weighted by molar-refractivity contribution is -0.159. The number of carbonyl (C=O) groups excluding carboxylic acids is 2. The smallest absolute Gasteiger partial charge is 0.347 e. The van der Waals surface area contributed by atoms with Gasteiger partial charge in [-0.15, -0.1) is 0 Å². The second kappa shape index (κ2) is 8.50. The average molecular weight is 338 g/mol. The number of ether oxygens (including phenoxy) is 2. The predicted octanol–water partition coefficient (Wildman–Crippen LogP) is 2.90. The van der Waals surface area contributed by atoms with Crippen molar-refractivity contribution >= 4 is 17.6 Å². The van der Waals surface area contributed by atoms with Crippen LogP contribution in [0.15, 0.2) is 54.6 Å². The van der Waals surface area contributed by atoms with Crippen LogP contribution in [0.5, 0.6) is 5.75 Å². The number of carbonyl (C=O) groups is 2. The molecule has 6 heteroatoms. The number of para-hydroxylation sites is 1. The molecule has 0 bridgehead atoms. The van der Waals surface area contributed by atoms with Gasteiger partial charge in [0.05, 0.1) is 11.6 Å². The topological polar surface area (TPSA) is 88.4 Å². The van der Waals surface area contributed by atoms with E-state index in [0.717, 1.165) is 0 Å². The zero-order valence-corrected chi connectivity index (χ0v) is 13.9. The van der Waals surface area contributed by atoms with Crippen molar-refractivity contribution in [3.63, 3.8) is 0 Å². The van der Waals surface area contributed by atoms with Gasteiger partial charge in [-0.3, -0.25) is 4.79 Å². The van der Waals surface area contributed by atoms with Gasteiger partial charge in [0.15, 0.2) is 12.2 Å². The van der Waals surface area contributed by atoms with Crippen LogP contribution in [0.25, 0.3) is 0 Å². The van der Waals surface area contributed by atoms with Gasteiger partial charge in [0.2, 0.25) is 0 Å². The van der Waals surface area contributed by atoms with Gasteiger partial charge >= 0.3 is 5.97 Å². The lowest BCUT2D eigenvalue weighted by Crippen LogP contribution is -2.35. The van der Waals surface area contributed by atoms with Gasteiger partial charge in [-0.25, -0.2) is 4.79 Å². The summed E-state index contributed by atoms with van der Waals surface area (Å²) < 4.78 is 10.6. The van der Waals surface area contributed by atoms with Crippen molar-refractivity contribution < 1.29 is 19.1 Å². The molecule has 0 aromatic heterocycles. The number of hydrogen-bond acceptors (Lipinski definition) is 5. The fourth-order valence-electron chi connectivity index (χ4n) is 1.95. The lowest BCUT2D eigenvalue weighted by atomic mass is 10.2. The van der Waals surface area contributed by atoms with Gasteiger partial charge in [0.1, 0.15) is 5.75 Å². The van der Waals surface area contributed by atoms with Crippen molar-refractivity contribution in [1.82, 2.24) is 0 Å². The van der Waals surface area contributed by atoms with E-state index >= 15 is 0 Å². The van der Waals surface area contributed by atoms with Gasteiger partial charge in [-0.1, -0.05) is 18.2 Å². The molecule has 2 atom stereocenters. The van der Waals surface area contributed by atoms with Crippen LogP contribution < -0.4 is 10.1 Å². The molecule has 0 aliphatic heterocycles. The van der Waals surface area contributed by atoms with Gasteiger partial charge in [0.25, 0.3) is 5.91 Å². The summed E-state index contributed by atoms with van der Waals surface area (Å²) in [5, 5.41) is 11.4. The largest absolute Gasteiger partial charge is 0.479 e. The van der Waals surface area contributed by atoms with Crippen LogP contribution >= 0.6 is 0 Å². The Balaban J connectivity index is 1.86. The number of rotatable bonds is 6. The first-order valence-corrected chi connectivity index (χ1v) is 7.73. The molecule has 0 saturated heterocycles. The maximum absolute atomic E-state index is 12.1. The normalized spacial score (nSPS) is 12.4. The number of amides is 1. The molecule has 0 aliphatic rings. The fraction of sp³-hybridized carbons (Fsp3) is 0.211. The minimum absolute atomic E-state index is 0.468. The van der Waals surface area contributed by atoms with Gasteiger partial charge in [0, 0.05) is 5.69 Å². The summed E-state index contributed by atoms with van der Waals surface area (Å²) in [5.41, 5.74) is 1.00. The standard InChI is InChI=1S/C19H18N2O4/c1-13(18(22)21-16-10-8-15(12-20)9-11-16)25-19(23)14(2)24-17-6-4-3-5-7-17/h3-11,13-14H,1-2H3,(H,21,22)/t13-,14+/m0/s1. The first kappa shape index (κ1) is 18.0. The molecule has 1 amide bonds. The molecule has 2 rings (SSSR count). The molecule has 1 N–H and O–H groups in total. The van der Waals surface area contributed by atoms with Crippen LogP contribution in [0.2, 0.25) is 0 Å². The van der Waals surface area contributed by atoms with Gasteiger partial charge < -0.3 is 14.8 Å². The quantitative estimate of drug-likeness (QED) is 0.818. The molecule has 25 heavy (non-hydrogen) atoms. The summed E-state index contributed by atoms with van der Waals surface area (Å²) in [6.45, 7) is 3.03. The molecule has 0 unspecified atom stereocenters. The van der Waals surface area contributed by atoms with Crippen molar-refractivity contribution in [3.05, 3.63) is 60.2 Å². The van der Waals surface area contributed by atoms with E-state index < -0.39 is 24.1 Å². The van der Waals surface area contributed by atoms with Crippen LogP contribution in [-0.2, 0) is 14.3 Å². The fourth-order valence-corrected chi connectivity index (χ4v) is 1.95. The maximum Gasteiger partial charge on any atom is 0.347 e. The number of nitrogens with zero attached hydrogens (tertiary/aromatic N) is 1. The highest BCUT2D eigenvalue weighted by Gasteiger charge is 2.23. The molecule has 6 nitrogen and oxygen atoms in total. The molecule has 0 heterocycles. The van der Waals surface area contributed by atoms with E-state index in [-0.39, 0.29) is 0 Å². The van der Waals surface area contributed by atoms with Gasteiger partial charge in [-0.05, 0) is 50.2 Å². The highest BCUT2D eigenvalue weighted by molar-refractivity contribution is 5.95. The zero-order valence-electron chi connectivity index (χ0n) is 13.9. The Morgan fingerprint density at radius 1 is 1.00 bits per heavy atom. The minimum Gasteiger partial charge on any atom is -0.479 e. The van der Waals surface area contributed by atoms with Crippen LogP contribution in [0, 0.1) is 11.3 Å². The minimum atomic E-state index is -0.982. The molecule has 0 aliphatic carbocycles. The van der Waals surface area contributed by atoms with Crippen molar-refractivity contribution in [3.8, 4) is 11.8 Å². The number of nitrogens with one attached hydrogen (secondary N) is 1. The zero-order chi connectivity index (χ0) is 18.2. The number of hydrogen-bond donors (Lipinski definition) is 1. The van der Waals surface area contributed by atoms with Gasteiger partial charge in [-0.2, -0.15) is 5.26 Å². The van der Waals surface area contributed by atoms with E-state index in [2.05, 4.69) is 5.32 Å². The third-order valence-electron chi connectivity index (χ3n) is 3.33. The third kappa shape index (κ3) is 5.36. The Morgan fingerprint density at radius 2 is 1.64 bits per heavy atom. The molecule has 0 radical (unpaired) electrons. The maximum atomic E-state index is 12.1. The summed E-state index contributed by atoms with van der Waals surface area (Å²) in [6, 6.07) is 17.2. The molecule has 2 aromatic carbocycles. The molecule has 2 aromatic rings. The van der Waals surface area contributed by atoms with Crippen LogP contribution in [0.1, 0.15) is 19.4 Å². The van der Waals surface area contributed by atoms with E-state index in [0.29, 0.717) is 17.0 Å². The van der Waals surface area contributed by atoms with E-state index in [1.165, 1.54) is 6.92 Å². The van der Waals surface area contributed by atoms with Crippen LogP contribution in [0.3, 0.4) is 0 Å². The molecule has 0 saturated carbocycles. The summed E-state index contributed by atoms with van der Waals surface area (Å²) >= 11 is 0. The first-order chi connectivity index (χ1) is 12.0. The highest BCUT2D eigenvalue weighted by Crippen LogP contribution is 2.13. The molecular formula is C19H18N2O4. The average Bonchev–Trinajstić information content (AvgIpc) is 2.63. The predicted molar refractivity (Wildman–Crippen MR) is 91.9 cm³/mol. The Bertz CT molecular complexity index is 766. The van der Waals surface area contributed by atoms with E-state index in [1.54, 1.807) is 55.5 Å². The Hall–Kier alpha value is -3.33. The van der Waals surface area contributed by atoms with Crippen molar-refractivity contribution in [1.29, 1.82) is 5.26 Å². The SMILES string of the molecule is C[C@H](OC(=O)[C@@H](C)Oc1ccccc1)C(=O)Nc1ccc(C#N)cc1. The number of nitriles is 1. The van der Waals surface area contributed by atoms with E-state index in [9.17, 15) is 9.59 Å². The second-order valence-electron chi connectivity index (χ2n) is 5.33. The summed E-state index contributed by atoms with van der Waals surface area (Å²) in [5.74, 6) is -0.557. The first-order valence-electron chi connectivity index (χ1n) is 7.73. The van der Waals surface area contributed by atoms with E-state index in [1.807, 2.05) is 12.1 Å². The monoisotopic (exact) mass is 338 g/mol. The Kier molecular flexibility index (Phi) is 6.13. The number of benzene rings is 2. The van der Waals surface area contributed by atoms with Crippen molar-refractivity contribution in [2.75, 3.05) is 5.32 Å². The molecule has 0 fully saturated rings. The lowest BCUT2D eigenvalue weighted by Gasteiger charge is -2.17. The highest BCUT2D eigenvalue weighted by atomic mass is 16.6. The van der Waals surface area contributed by atoms with Crippen molar-refractivity contribution in [2.24, 2.45) is 0 Å². The summed E-state index contributed by atoms with van der Waals surface area (Å²) in [4.78, 5) is 24.1. The van der Waals surface area contributed by atoms with Crippen LogP contribution in [-0.4, -0.2) is 24.1 Å². The molecule has 128 valence electrons. The van der Waals surface area contributed by atoms with Crippen molar-refractivity contribution in [2.45, 2.75) is 26.1 Å². The van der Waals surface area contributed by atoms with E-state index in [4.69, 9.17) is 14.7 Å². The number of anilines is 1. The number of esters is 1. The summed E-state index contributed by atoms with van der Waals surface area (Å²) in [6.07, 6.45) is -1.82.